The molecular weight excluding hydrogens is 296 g/mol. The molecule has 0 saturated carbocycles. The summed E-state index contributed by atoms with van der Waals surface area (Å²) in [6.07, 6.45) is 29.3. The van der Waals surface area contributed by atoms with Crippen LogP contribution in [0.5, 0.6) is 0 Å². The lowest BCUT2D eigenvalue weighted by atomic mass is 10.1. The van der Waals surface area contributed by atoms with Crippen LogP contribution in [0.25, 0.3) is 0 Å². The zero-order valence-corrected chi connectivity index (χ0v) is 15.7. The van der Waals surface area contributed by atoms with E-state index in [0.717, 1.165) is 6.42 Å². The van der Waals surface area contributed by atoms with Crippen LogP contribution in [0.1, 0.15) is 96.8 Å². The van der Waals surface area contributed by atoms with Crippen LogP contribution in [-0.2, 0) is 4.79 Å². The highest BCUT2D eigenvalue weighted by Gasteiger charge is 1.91. The molecule has 0 aromatic heterocycles. The first kappa shape index (κ1) is 22.7. The normalized spacial score (nSPS) is 12.0. The molecule has 0 aliphatic heterocycles. The summed E-state index contributed by atoms with van der Waals surface area (Å²) in [5, 5.41) is 8.50. The van der Waals surface area contributed by atoms with E-state index in [2.05, 4.69) is 25.2 Å². The molecule has 0 saturated heterocycles. The van der Waals surface area contributed by atoms with Gasteiger partial charge in [-0.05, 0) is 44.9 Å². The number of allylic oxidation sites excluding steroid dienone is 6. The van der Waals surface area contributed by atoms with E-state index in [1.165, 1.54) is 70.6 Å². The molecule has 0 radical (unpaired) electrons. The van der Waals surface area contributed by atoms with Crippen LogP contribution in [0.3, 0.4) is 0 Å². The molecule has 0 aliphatic rings. The van der Waals surface area contributed by atoms with Gasteiger partial charge in [-0.2, -0.15) is 0 Å². The zero-order chi connectivity index (χ0) is 17.7. The smallest absolute Gasteiger partial charge is 0.303 e. The van der Waals surface area contributed by atoms with Gasteiger partial charge < -0.3 is 5.11 Å². The van der Waals surface area contributed by atoms with Crippen molar-refractivity contribution >= 4 is 5.97 Å². The number of carboxylic acid groups (broad SMARTS) is 1. The van der Waals surface area contributed by atoms with Crippen LogP contribution in [-0.4, -0.2) is 11.1 Å². The highest BCUT2D eigenvalue weighted by Crippen LogP contribution is 2.09. The molecule has 2 nitrogen and oxygen atoms in total. The van der Waals surface area contributed by atoms with Crippen LogP contribution < -0.4 is 0 Å². The van der Waals surface area contributed by atoms with Crippen molar-refractivity contribution in [1.29, 1.82) is 0 Å². The van der Waals surface area contributed by atoms with Gasteiger partial charge >= 0.3 is 5.97 Å². The van der Waals surface area contributed by atoms with Gasteiger partial charge in [-0.1, -0.05) is 81.9 Å². The maximum Gasteiger partial charge on any atom is 0.303 e. The molecule has 1 N–H and O–H groups in total. The summed E-state index contributed by atoms with van der Waals surface area (Å²) in [4.78, 5) is 10.3. The van der Waals surface area contributed by atoms with E-state index in [-0.39, 0.29) is 6.42 Å². The maximum absolute atomic E-state index is 10.3. The lowest BCUT2D eigenvalue weighted by molar-refractivity contribution is -0.136. The molecule has 0 amide bonds. The summed E-state index contributed by atoms with van der Waals surface area (Å²) >= 11 is 0. The standard InChI is InChI=1S/C22H38O2/c1-2-3-4-5-6-7-8-9-10-11-12-13-14-15-16-17-18-19-20-21-22(23)24/h7-8,16-19H,2-6,9-15,20-21H2,1H3,(H,23,24)/b8-7+,17-16+,19-18+. The Balaban J connectivity index is 3.22. The third kappa shape index (κ3) is 20.7. The van der Waals surface area contributed by atoms with Gasteiger partial charge in [0.25, 0.3) is 0 Å². The lowest BCUT2D eigenvalue weighted by Gasteiger charge is -1.98. The second kappa shape index (κ2) is 19.7. The first-order chi connectivity index (χ1) is 11.8. The number of hydrogen-bond acceptors (Lipinski definition) is 1. The summed E-state index contributed by atoms with van der Waals surface area (Å²) < 4.78 is 0. The second-order valence-electron chi connectivity index (χ2n) is 6.45. The van der Waals surface area contributed by atoms with Crippen LogP contribution >= 0.6 is 0 Å². The molecule has 0 heterocycles. The highest BCUT2D eigenvalue weighted by molar-refractivity contribution is 5.66. The molecule has 0 spiro atoms. The van der Waals surface area contributed by atoms with Crippen molar-refractivity contribution in [3.63, 3.8) is 0 Å². The van der Waals surface area contributed by atoms with E-state index in [1.54, 1.807) is 0 Å². The molecule has 0 rings (SSSR count). The molecule has 0 aliphatic carbocycles. The monoisotopic (exact) mass is 334 g/mol. The SMILES string of the molecule is CCCCCC/C=C/CCCCCCC/C=C/C=C/CCC(=O)O. The average molecular weight is 335 g/mol. The van der Waals surface area contributed by atoms with Crippen molar-refractivity contribution < 1.29 is 9.90 Å². The van der Waals surface area contributed by atoms with Crippen molar-refractivity contribution in [2.45, 2.75) is 96.8 Å². The van der Waals surface area contributed by atoms with Crippen molar-refractivity contribution in [2.75, 3.05) is 0 Å². The van der Waals surface area contributed by atoms with Crippen LogP contribution in [0, 0.1) is 0 Å². The van der Waals surface area contributed by atoms with Crippen molar-refractivity contribution in [2.24, 2.45) is 0 Å². The number of rotatable bonds is 17. The Morgan fingerprint density at radius 3 is 1.67 bits per heavy atom. The van der Waals surface area contributed by atoms with E-state index in [9.17, 15) is 4.79 Å². The summed E-state index contributed by atoms with van der Waals surface area (Å²) in [5.41, 5.74) is 0. The fraction of sp³-hybridized carbons (Fsp3) is 0.682. The van der Waals surface area contributed by atoms with Crippen molar-refractivity contribution in [3.8, 4) is 0 Å². The average Bonchev–Trinajstić information content (AvgIpc) is 2.56. The van der Waals surface area contributed by atoms with Crippen molar-refractivity contribution in [1.82, 2.24) is 0 Å². The molecule has 0 bridgehead atoms. The minimum absolute atomic E-state index is 0.221. The van der Waals surface area contributed by atoms with E-state index in [0.29, 0.717) is 6.42 Å². The van der Waals surface area contributed by atoms with Gasteiger partial charge in [0.15, 0.2) is 0 Å². The number of carbonyl (C=O) groups is 1. The molecular formula is C22H38O2. The van der Waals surface area contributed by atoms with E-state index in [4.69, 9.17) is 5.11 Å². The van der Waals surface area contributed by atoms with Gasteiger partial charge in [0, 0.05) is 6.42 Å². The third-order valence-electron chi connectivity index (χ3n) is 4.04. The Labute approximate surface area is 149 Å². The molecule has 24 heavy (non-hydrogen) atoms. The van der Waals surface area contributed by atoms with E-state index in [1.807, 2.05) is 18.2 Å². The van der Waals surface area contributed by atoms with Crippen LogP contribution in [0.4, 0.5) is 0 Å². The summed E-state index contributed by atoms with van der Waals surface area (Å²) in [7, 11) is 0. The van der Waals surface area contributed by atoms with E-state index >= 15 is 0 Å². The zero-order valence-electron chi connectivity index (χ0n) is 15.7. The molecule has 0 fully saturated rings. The Morgan fingerprint density at radius 1 is 0.667 bits per heavy atom. The van der Waals surface area contributed by atoms with Gasteiger partial charge in [-0.25, -0.2) is 0 Å². The van der Waals surface area contributed by atoms with Crippen LogP contribution in [0.15, 0.2) is 36.5 Å². The lowest BCUT2D eigenvalue weighted by Crippen LogP contribution is -1.91. The fourth-order valence-corrected chi connectivity index (χ4v) is 2.54. The Morgan fingerprint density at radius 2 is 1.12 bits per heavy atom. The first-order valence-electron chi connectivity index (χ1n) is 9.95. The van der Waals surface area contributed by atoms with Crippen molar-refractivity contribution in [3.05, 3.63) is 36.5 Å². The number of aliphatic carboxylic acids is 1. The fourth-order valence-electron chi connectivity index (χ4n) is 2.54. The predicted molar refractivity (Wildman–Crippen MR) is 105 cm³/mol. The van der Waals surface area contributed by atoms with Gasteiger partial charge in [-0.3, -0.25) is 4.79 Å². The molecule has 138 valence electrons. The maximum atomic E-state index is 10.3. The van der Waals surface area contributed by atoms with Gasteiger partial charge in [0.05, 0.1) is 0 Å². The molecule has 0 atom stereocenters. The summed E-state index contributed by atoms with van der Waals surface area (Å²) in [5.74, 6) is -0.730. The summed E-state index contributed by atoms with van der Waals surface area (Å²) in [6, 6.07) is 0. The first-order valence-corrected chi connectivity index (χ1v) is 9.95. The van der Waals surface area contributed by atoms with Gasteiger partial charge in [-0.15, -0.1) is 0 Å². The second-order valence-corrected chi connectivity index (χ2v) is 6.45. The molecule has 0 unspecified atom stereocenters. The van der Waals surface area contributed by atoms with E-state index < -0.39 is 5.97 Å². The predicted octanol–water partition coefficient (Wildman–Crippen LogP) is 7.22. The largest absolute Gasteiger partial charge is 0.481 e. The molecule has 0 aromatic carbocycles. The Kier molecular flexibility index (Phi) is 18.7. The highest BCUT2D eigenvalue weighted by atomic mass is 16.4. The summed E-state index contributed by atoms with van der Waals surface area (Å²) in [6.45, 7) is 2.26. The number of unbranched alkanes of at least 4 members (excludes halogenated alkanes) is 10. The molecule has 2 heteroatoms. The Hall–Kier alpha value is -1.31. The number of hydrogen-bond donors (Lipinski definition) is 1. The quantitative estimate of drug-likeness (QED) is 0.173. The Bertz CT molecular complexity index is 353. The topological polar surface area (TPSA) is 37.3 Å². The minimum Gasteiger partial charge on any atom is -0.481 e. The molecule has 0 aromatic rings. The van der Waals surface area contributed by atoms with Gasteiger partial charge in [0.2, 0.25) is 0 Å². The van der Waals surface area contributed by atoms with Gasteiger partial charge in [0.1, 0.15) is 0 Å². The number of carboxylic acids is 1. The van der Waals surface area contributed by atoms with Crippen LogP contribution in [0.2, 0.25) is 0 Å². The third-order valence-corrected chi connectivity index (χ3v) is 4.04. The minimum atomic E-state index is -0.730.